The van der Waals surface area contributed by atoms with Gasteiger partial charge in [-0.05, 0) is 49.9 Å². The van der Waals surface area contributed by atoms with Gasteiger partial charge in [0.25, 0.3) is 0 Å². The van der Waals surface area contributed by atoms with Crippen molar-refractivity contribution in [2.75, 3.05) is 32.7 Å². The zero-order chi connectivity index (χ0) is 16.2. The molecule has 3 fully saturated rings. The lowest BCUT2D eigenvalue weighted by atomic mass is 9.89. The number of nitrogens with zero attached hydrogens (tertiary/aromatic N) is 2. The quantitative estimate of drug-likeness (QED) is 0.865. The Balaban J connectivity index is 1.38. The van der Waals surface area contributed by atoms with Crippen molar-refractivity contribution in [1.82, 2.24) is 15.1 Å². The summed E-state index contributed by atoms with van der Waals surface area (Å²) in [5.41, 5.74) is 0. The molecule has 0 radical (unpaired) electrons. The minimum absolute atomic E-state index is 0.190. The van der Waals surface area contributed by atoms with Crippen LogP contribution in [0, 0.1) is 17.8 Å². The summed E-state index contributed by atoms with van der Waals surface area (Å²) >= 11 is 0. The number of urea groups is 1. The third-order valence-electron chi connectivity index (χ3n) is 6.05. The normalized spacial score (nSPS) is 31.5. The third kappa shape index (κ3) is 4.85. The number of amides is 2. The molecule has 2 amide bonds. The Kier molecular flexibility index (Phi) is 5.84. The average Bonchev–Trinajstić information content (AvgIpc) is 3.00. The minimum Gasteiger partial charge on any atom is -0.335 e. The summed E-state index contributed by atoms with van der Waals surface area (Å²) in [4.78, 5) is 17.1. The molecule has 1 aliphatic carbocycles. The number of likely N-dealkylation sites (tertiary alicyclic amines) is 2. The monoisotopic (exact) mass is 321 g/mol. The number of carbonyl (C=O) groups excluding carboxylic acids is 1. The van der Waals surface area contributed by atoms with Crippen LogP contribution in [-0.4, -0.2) is 54.6 Å². The molecule has 2 unspecified atom stereocenters. The molecule has 3 aliphatic rings. The second kappa shape index (κ2) is 7.87. The lowest BCUT2D eigenvalue weighted by Crippen LogP contribution is -2.49. The van der Waals surface area contributed by atoms with Gasteiger partial charge in [0.15, 0.2) is 0 Å². The van der Waals surface area contributed by atoms with E-state index in [4.69, 9.17) is 0 Å². The Hall–Kier alpha value is -0.770. The first-order valence-electron chi connectivity index (χ1n) is 9.88. The van der Waals surface area contributed by atoms with Crippen LogP contribution in [0.3, 0.4) is 0 Å². The molecular weight excluding hydrogens is 286 g/mol. The molecule has 0 bridgehead atoms. The van der Waals surface area contributed by atoms with E-state index in [-0.39, 0.29) is 6.03 Å². The first kappa shape index (κ1) is 17.1. The highest BCUT2D eigenvalue weighted by molar-refractivity contribution is 5.74. The third-order valence-corrected chi connectivity index (χ3v) is 6.05. The highest BCUT2D eigenvalue weighted by Crippen LogP contribution is 2.25. The molecule has 1 N–H and O–H groups in total. The first-order valence-corrected chi connectivity index (χ1v) is 9.88. The van der Waals surface area contributed by atoms with Gasteiger partial charge in [-0.25, -0.2) is 4.79 Å². The SMILES string of the molecule is CC1CC(C)CN(CC2CCN(C(=O)NC3CCCC3)CC2)C1. The maximum absolute atomic E-state index is 12.3. The Morgan fingerprint density at radius 3 is 2.22 bits per heavy atom. The second-order valence-electron chi connectivity index (χ2n) is 8.53. The average molecular weight is 322 g/mol. The van der Waals surface area contributed by atoms with Crippen molar-refractivity contribution < 1.29 is 4.79 Å². The molecule has 1 saturated carbocycles. The number of nitrogens with one attached hydrogen (secondary N) is 1. The zero-order valence-corrected chi connectivity index (χ0v) is 15.1. The maximum Gasteiger partial charge on any atom is 0.317 e. The largest absolute Gasteiger partial charge is 0.335 e. The molecule has 23 heavy (non-hydrogen) atoms. The van der Waals surface area contributed by atoms with Crippen LogP contribution in [0.4, 0.5) is 4.79 Å². The molecule has 4 heteroatoms. The summed E-state index contributed by atoms with van der Waals surface area (Å²) in [6, 6.07) is 0.632. The van der Waals surface area contributed by atoms with E-state index in [1.165, 1.54) is 64.6 Å². The summed E-state index contributed by atoms with van der Waals surface area (Å²) in [6.45, 7) is 10.5. The lowest BCUT2D eigenvalue weighted by Gasteiger charge is -2.39. The molecule has 3 rings (SSSR count). The van der Waals surface area contributed by atoms with Gasteiger partial charge < -0.3 is 15.1 Å². The van der Waals surface area contributed by atoms with Gasteiger partial charge in [0.05, 0.1) is 0 Å². The van der Waals surface area contributed by atoms with E-state index in [2.05, 4.69) is 29.0 Å². The fraction of sp³-hybridized carbons (Fsp3) is 0.947. The van der Waals surface area contributed by atoms with Crippen LogP contribution in [-0.2, 0) is 0 Å². The van der Waals surface area contributed by atoms with E-state index < -0.39 is 0 Å². The summed E-state index contributed by atoms with van der Waals surface area (Å²) in [7, 11) is 0. The van der Waals surface area contributed by atoms with E-state index in [9.17, 15) is 4.79 Å². The Morgan fingerprint density at radius 1 is 1.00 bits per heavy atom. The Bertz CT molecular complexity index is 376. The molecule has 0 aromatic carbocycles. The van der Waals surface area contributed by atoms with Gasteiger partial charge in [-0.3, -0.25) is 0 Å². The molecule has 2 saturated heterocycles. The van der Waals surface area contributed by atoms with Crippen LogP contribution in [0.1, 0.15) is 58.8 Å². The first-order chi connectivity index (χ1) is 11.1. The van der Waals surface area contributed by atoms with Gasteiger partial charge in [0.2, 0.25) is 0 Å². The van der Waals surface area contributed by atoms with E-state index >= 15 is 0 Å². The minimum atomic E-state index is 0.190. The molecule has 2 atom stereocenters. The predicted octanol–water partition coefficient (Wildman–Crippen LogP) is 3.33. The van der Waals surface area contributed by atoms with Gasteiger partial charge in [-0.1, -0.05) is 26.7 Å². The summed E-state index contributed by atoms with van der Waals surface area (Å²) < 4.78 is 0. The smallest absolute Gasteiger partial charge is 0.317 e. The zero-order valence-electron chi connectivity index (χ0n) is 15.1. The standard InChI is InChI=1S/C19H35N3O/c1-15-11-16(2)13-21(12-15)14-17-7-9-22(10-8-17)19(23)20-18-5-3-4-6-18/h15-18H,3-14H2,1-2H3,(H,20,23). The van der Waals surface area contributed by atoms with Crippen LogP contribution in [0.2, 0.25) is 0 Å². The van der Waals surface area contributed by atoms with Gasteiger partial charge >= 0.3 is 6.03 Å². The van der Waals surface area contributed by atoms with Gasteiger partial charge in [-0.2, -0.15) is 0 Å². The van der Waals surface area contributed by atoms with Crippen molar-refractivity contribution in [2.24, 2.45) is 17.8 Å². The number of rotatable bonds is 3. The van der Waals surface area contributed by atoms with E-state index in [0.29, 0.717) is 6.04 Å². The molecule has 4 nitrogen and oxygen atoms in total. The van der Waals surface area contributed by atoms with E-state index in [1.54, 1.807) is 0 Å². The van der Waals surface area contributed by atoms with Crippen molar-refractivity contribution in [3.05, 3.63) is 0 Å². The van der Waals surface area contributed by atoms with E-state index in [0.717, 1.165) is 30.8 Å². The summed E-state index contributed by atoms with van der Waals surface area (Å²) in [5.74, 6) is 2.47. The van der Waals surface area contributed by atoms with Gasteiger partial charge in [0, 0.05) is 38.8 Å². The fourth-order valence-electron chi connectivity index (χ4n) is 4.96. The fourth-order valence-corrected chi connectivity index (χ4v) is 4.96. The Morgan fingerprint density at radius 2 is 1.61 bits per heavy atom. The van der Waals surface area contributed by atoms with Crippen molar-refractivity contribution in [3.8, 4) is 0 Å². The topological polar surface area (TPSA) is 35.6 Å². The molecule has 0 spiro atoms. The van der Waals surface area contributed by atoms with Crippen molar-refractivity contribution >= 4 is 6.03 Å². The predicted molar refractivity (Wildman–Crippen MR) is 94.5 cm³/mol. The lowest BCUT2D eigenvalue weighted by molar-refractivity contribution is 0.0992. The Labute approximate surface area is 142 Å². The molecule has 0 aromatic heterocycles. The van der Waals surface area contributed by atoms with Crippen LogP contribution in [0.15, 0.2) is 0 Å². The summed E-state index contributed by atoms with van der Waals surface area (Å²) in [5, 5.41) is 3.23. The van der Waals surface area contributed by atoms with Crippen molar-refractivity contribution in [1.29, 1.82) is 0 Å². The van der Waals surface area contributed by atoms with Crippen LogP contribution in [0.5, 0.6) is 0 Å². The van der Waals surface area contributed by atoms with Crippen LogP contribution >= 0.6 is 0 Å². The van der Waals surface area contributed by atoms with Crippen LogP contribution < -0.4 is 5.32 Å². The highest BCUT2D eigenvalue weighted by Gasteiger charge is 2.28. The molecule has 2 heterocycles. The van der Waals surface area contributed by atoms with Crippen molar-refractivity contribution in [2.45, 2.75) is 64.8 Å². The van der Waals surface area contributed by atoms with Crippen LogP contribution in [0.25, 0.3) is 0 Å². The molecule has 0 aromatic rings. The van der Waals surface area contributed by atoms with Gasteiger partial charge in [-0.15, -0.1) is 0 Å². The number of hydrogen-bond acceptors (Lipinski definition) is 2. The number of carbonyl (C=O) groups is 1. The van der Waals surface area contributed by atoms with Crippen molar-refractivity contribution in [3.63, 3.8) is 0 Å². The van der Waals surface area contributed by atoms with Gasteiger partial charge in [0.1, 0.15) is 0 Å². The highest BCUT2D eigenvalue weighted by atomic mass is 16.2. The molecule has 2 aliphatic heterocycles. The van der Waals surface area contributed by atoms with E-state index in [1.807, 2.05) is 0 Å². The maximum atomic E-state index is 12.3. The molecule has 132 valence electrons. The second-order valence-corrected chi connectivity index (χ2v) is 8.53. The molecular formula is C19H35N3O. The summed E-state index contributed by atoms with van der Waals surface area (Å²) in [6.07, 6.45) is 8.64. The number of hydrogen-bond donors (Lipinski definition) is 1. The number of piperidine rings is 2.